The molecule has 5 heteroatoms. The standard InChI is InChI=1S/C13H16N2O3/c1-13(2,3)14-7-10(16)8-4-5-9-11(6-8)18-12(17)15-9/h4-6,14H,7H2,1-3H3,(H,15,17). The van der Waals surface area contributed by atoms with Crippen molar-refractivity contribution >= 4 is 16.9 Å². The van der Waals surface area contributed by atoms with Gasteiger partial charge >= 0.3 is 5.76 Å². The number of fused-ring (bicyclic) bond motifs is 1. The van der Waals surface area contributed by atoms with Crippen molar-refractivity contribution in [1.82, 2.24) is 10.3 Å². The largest absolute Gasteiger partial charge is 0.417 e. The van der Waals surface area contributed by atoms with Crippen molar-refractivity contribution in [3.8, 4) is 0 Å². The Kier molecular flexibility index (Phi) is 3.09. The van der Waals surface area contributed by atoms with E-state index in [-0.39, 0.29) is 17.9 Å². The van der Waals surface area contributed by atoms with Crippen LogP contribution < -0.4 is 11.1 Å². The van der Waals surface area contributed by atoms with Crippen LogP contribution in [0.1, 0.15) is 31.1 Å². The van der Waals surface area contributed by atoms with Gasteiger partial charge in [0.2, 0.25) is 0 Å². The minimum Gasteiger partial charge on any atom is -0.408 e. The smallest absolute Gasteiger partial charge is 0.408 e. The number of oxazole rings is 1. The lowest BCUT2D eigenvalue weighted by Gasteiger charge is -2.19. The second kappa shape index (κ2) is 4.42. The number of carbonyl (C=O) groups is 1. The molecule has 2 N–H and O–H groups in total. The fraction of sp³-hybridized carbons (Fsp3) is 0.385. The highest BCUT2D eigenvalue weighted by molar-refractivity contribution is 5.99. The molecule has 0 saturated heterocycles. The molecular formula is C13H16N2O3. The molecule has 18 heavy (non-hydrogen) atoms. The van der Waals surface area contributed by atoms with Gasteiger partial charge in [-0.3, -0.25) is 9.78 Å². The van der Waals surface area contributed by atoms with E-state index in [1.165, 1.54) is 0 Å². The van der Waals surface area contributed by atoms with Crippen molar-refractivity contribution in [2.75, 3.05) is 6.54 Å². The van der Waals surface area contributed by atoms with Gasteiger partial charge < -0.3 is 9.73 Å². The molecule has 0 aliphatic heterocycles. The number of H-pyrrole nitrogens is 1. The van der Waals surface area contributed by atoms with Gasteiger partial charge in [-0.25, -0.2) is 4.79 Å². The molecule has 0 saturated carbocycles. The van der Waals surface area contributed by atoms with Crippen molar-refractivity contribution in [1.29, 1.82) is 0 Å². The molecule has 0 atom stereocenters. The predicted octanol–water partition coefficient (Wildman–Crippen LogP) is 1.69. The van der Waals surface area contributed by atoms with E-state index in [4.69, 9.17) is 4.42 Å². The van der Waals surface area contributed by atoms with Crippen molar-refractivity contribution in [2.24, 2.45) is 0 Å². The van der Waals surface area contributed by atoms with Gasteiger partial charge in [0.15, 0.2) is 11.4 Å². The average Bonchev–Trinajstić information content (AvgIpc) is 2.63. The number of hydrogen-bond acceptors (Lipinski definition) is 4. The van der Waals surface area contributed by atoms with Gasteiger partial charge in [-0.15, -0.1) is 0 Å². The van der Waals surface area contributed by atoms with Crippen LogP contribution in [0.4, 0.5) is 0 Å². The quantitative estimate of drug-likeness (QED) is 0.810. The number of aromatic nitrogens is 1. The van der Waals surface area contributed by atoms with Crippen LogP contribution in [0.2, 0.25) is 0 Å². The normalized spacial score (nSPS) is 11.9. The summed E-state index contributed by atoms with van der Waals surface area (Å²) in [5.41, 5.74) is 1.42. The number of carbonyl (C=O) groups excluding carboxylic acids is 1. The summed E-state index contributed by atoms with van der Waals surface area (Å²) in [6.45, 7) is 6.24. The second-order valence-corrected chi connectivity index (χ2v) is 5.25. The first kappa shape index (κ1) is 12.6. The van der Waals surface area contributed by atoms with E-state index in [9.17, 15) is 9.59 Å². The number of hydrogen-bond donors (Lipinski definition) is 2. The Morgan fingerprint density at radius 3 is 2.78 bits per heavy atom. The first-order chi connectivity index (χ1) is 8.35. The van der Waals surface area contributed by atoms with Gasteiger partial charge in [-0.2, -0.15) is 0 Å². The van der Waals surface area contributed by atoms with Crippen LogP contribution in [0.5, 0.6) is 0 Å². The molecule has 0 spiro atoms. The maximum Gasteiger partial charge on any atom is 0.417 e. The molecule has 1 aromatic heterocycles. The maximum atomic E-state index is 11.9. The predicted molar refractivity (Wildman–Crippen MR) is 68.9 cm³/mol. The number of nitrogens with one attached hydrogen (secondary N) is 2. The van der Waals surface area contributed by atoms with Crippen LogP contribution in [-0.4, -0.2) is 22.9 Å². The minimum atomic E-state index is -0.512. The Balaban J connectivity index is 2.20. The highest BCUT2D eigenvalue weighted by Crippen LogP contribution is 2.13. The van der Waals surface area contributed by atoms with E-state index in [0.717, 1.165) is 0 Å². The first-order valence-electron chi connectivity index (χ1n) is 5.76. The van der Waals surface area contributed by atoms with Crippen LogP contribution in [0.3, 0.4) is 0 Å². The summed E-state index contributed by atoms with van der Waals surface area (Å²) in [4.78, 5) is 25.5. The summed E-state index contributed by atoms with van der Waals surface area (Å²) >= 11 is 0. The Hall–Kier alpha value is -1.88. The summed E-state index contributed by atoms with van der Waals surface area (Å²) in [5, 5.41) is 3.12. The van der Waals surface area contributed by atoms with Crippen molar-refractivity contribution in [2.45, 2.75) is 26.3 Å². The summed E-state index contributed by atoms with van der Waals surface area (Å²) in [7, 11) is 0. The second-order valence-electron chi connectivity index (χ2n) is 5.25. The van der Waals surface area contributed by atoms with Crippen LogP contribution in [0.25, 0.3) is 11.1 Å². The van der Waals surface area contributed by atoms with E-state index in [0.29, 0.717) is 16.7 Å². The molecule has 1 aromatic carbocycles. The Labute approximate surface area is 104 Å². The molecule has 0 aliphatic carbocycles. The summed E-state index contributed by atoms with van der Waals surface area (Å²) in [6, 6.07) is 4.94. The van der Waals surface area contributed by atoms with Crippen LogP contribution in [0, 0.1) is 0 Å². The molecule has 96 valence electrons. The molecule has 5 nitrogen and oxygen atoms in total. The van der Waals surface area contributed by atoms with Crippen molar-refractivity contribution < 1.29 is 9.21 Å². The lowest BCUT2D eigenvalue weighted by atomic mass is 10.1. The number of benzene rings is 1. The molecule has 1 heterocycles. The zero-order valence-electron chi connectivity index (χ0n) is 10.7. The molecule has 0 aliphatic rings. The highest BCUT2D eigenvalue weighted by atomic mass is 16.4. The van der Waals surface area contributed by atoms with Crippen molar-refractivity contribution in [3.05, 3.63) is 34.3 Å². The molecule has 2 rings (SSSR count). The van der Waals surface area contributed by atoms with Gasteiger partial charge in [-0.1, -0.05) is 0 Å². The van der Waals surface area contributed by atoms with E-state index in [1.807, 2.05) is 20.8 Å². The summed E-state index contributed by atoms with van der Waals surface area (Å²) in [6.07, 6.45) is 0. The van der Waals surface area contributed by atoms with Gasteiger partial charge in [0, 0.05) is 11.1 Å². The number of Topliss-reactive ketones (excluding diaryl/α,β-unsaturated/α-hetero) is 1. The molecule has 2 aromatic rings. The molecular weight excluding hydrogens is 232 g/mol. The van der Waals surface area contributed by atoms with Crippen molar-refractivity contribution in [3.63, 3.8) is 0 Å². The van der Waals surface area contributed by atoms with E-state index in [1.54, 1.807) is 18.2 Å². The summed E-state index contributed by atoms with van der Waals surface area (Å²) in [5.74, 6) is -0.543. The molecule has 0 unspecified atom stereocenters. The molecule has 0 bridgehead atoms. The van der Waals surface area contributed by atoms with E-state index >= 15 is 0 Å². The minimum absolute atomic E-state index is 0.0318. The fourth-order valence-electron chi connectivity index (χ4n) is 1.57. The zero-order valence-corrected chi connectivity index (χ0v) is 10.7. The fourth-order valence-corrected chi connectivity index (χ4v) is 1.57. The van der Waals surface area contributed by atoms with E-state index in [2.05, 4.69) is 10.3 Å². The maximum absolute atomic E-state index is 11.9. The Morgan fingerprint density at radius 2 is 2.11 bits per heavy atom. The van der Waals surface area contributed by atoms with Crippen LogP contribution in [-0.2, 0) is 0 Å². The lowest BCUT2D eigenvalue weighted by Crippen LogP contribution is -2.39. The molecule has 0 amide bonds. The number of aromatic amines is 1. The van der Waals surface area contributed by atoms with E-state index < -0.39 is 5.76 Å². The zero-order chi connectivity index (χ0) is 13.3. The van der Waals surface area contributed by atoms with Gasteiger partial charge in [0.25, 0.3) is 0 Å². The number of ketones is 1. The Morgan fingerprint density at radius 1 is 1.39 bits per heavy atom. The third-order valence-electron chi connectivity index (χ3n) is 2.52. The summed E-state index contributed by atoms with van der Waals surface area (Å²) < 4.78 is 4.92. The monoisotopic (exact) mass is 248 g/mol. The highest BCUT2D eigenvalue weighted by Gasteiger charge is 2.13. The third kappa shape index (κ3) is 2.87. The average molecular weight is 248 g/mol. The first-order valence-corrected chi connectivity index (χ1v) is 5.76. The molecule has 0 fully saturated rings. The SMILES string of the molecule is CC(C)(C)NCC(=O)c1ccc2[nH]c(=O)oc2c1. The lowest BCUT2D eigenvalue weighted by molar-refractivity contribution is 0.0982. The van der Waals surface area contributed by atoms with Gasteiger partial charge in [0.1, 0.15) is 0 Å². The van der Waals surface area contributed by atoms with Gasteiger partial charge in [-0.05, 0) is 39.0 Å². The number of rotatable bonds is 3. The Bertz CT molecular complexity index is 631. The van der Waals surface area contributed by atoms with Crippen LogP contribution in [0.15, 0.2) is 27.4 Å². The van der Waals surface area contributed by atoms with Gasteiger partial charge in [0.05, 0.1) is 12.1 Å². The topological polar surface area (TPSA) is 75.1 Å². The molecule has 0 radical (unpaired) electrons. The van der Waals surface area contributed by atoms with Crippen LogP contribution >= 0.6 is 0 Å². The third-order valence-corrected chi connectivity index (χ3v) is 2.52.